The molecule has 0 atom stereocenters. The molecular weight excluding hydrogens is 224 g/mol. The zero-order valence-corrected chi connectivity index (χ0v) is 10.6. The highest BCUT2D eigenvalue weighted by molar-refractivity contribution is 7.87. The lowest BCUT2D eigenvalue weighted by atomic mass is 9.96. The third-order valence-corrected chi connectivity index (χ3v) is 3.53. The minimum absolute atomic E-state index is 0.511. The Morgan fingerprint density at radius 1 is 1.19 bits per heavy atom. The highest BCUT2D eigenvalue weighted by Crippen LogP contribution is 2.12. The van der Waals surface area contributed by atoms with Gasteiger partial charge in [-0.1, -0.05) is 30.3 Å². The third kappa shape index (κ3) is 4.30. The molecule has 90 valence electrons. The molecule has 1 rings (SSSR count). The van der Waals surface area contributed by atoms with Gasteiger partial charge in [-0.25, -0.2) is 4.72 Å². The Morgan fingerprint density at radius 3 is 2.25 bits per heavy atom. The van der Waals surface area contributed by atoms with Crippen molar-refractivity contribution in [2.75, 3.05) is 7.05 Å². The molecule has 0 aliphatic rings. The van der Waals surface area contributed by atoms with Crippen molar-refractivity contribution in [3.8, 4) is 0 Å². The standard InChI is InChI=1S/C11H18N2O2S/c1-11(2,13-16(14,15)12-3)9-10-7-5-4-6-8-10/h4-8,12-13H,9H2,1-3H3. The van der Waals surface area contributed by atoms with Crippen molar-refractivity contribution in [2.24, 2.45) is 0 Å². The summed E-state index contributed by atoms with van der Waals surface area (Å²) < 4.78 is 27.6. The minimum atomic E-state index is -3.40. The SMILES string of the molecule is CNS(=O)(=O)NC(C)(C)Cc1ccccc1. The van der Waals surface area contributed by atoms with Crippen LogP contribution in [0.2, 0.25) is 0 Å². The molecule has 1 aromatic rings. The lowest BCUT2D eigenvalue weighted by molar-refractivity contribution is 0.447. The molecular formula is C11H18N2O2S. The van der Waals surface area contributed by atoms with Crippen LogP contribution in [0.3, 0.4) is 0 Å². The van der Waals surface area contributed by atoms with E-state index in [1.165, 1.54) is 7.05 Å². The molecule has 0 saturated carbocycles. The second-order valence-electron chi connectivity index (χ2n) is 4.36. The predicted octanol–water partition coefficient (Wildman–Crippen LogP) is 1.06. The molecule has 0 amide bonds. The van der Waals surface area contributed by atoms with Crippen LogP contribution in [0.4, 0.5) is 0 Å². The van der Waals surface area contributed by atoms with E-state index in [-0.39, 0.29) is 0 Å². The molecule has 16 heavy (non-hydrogen) atoms. The molecule has 0 aromatic heterocycles. The summed E-state index contributed by atoms with van der Waals surface area (Å²) in [6.45, 7) is 3.71. The molecule has 0 bridgehead atoms. The van der Waals surface area contributed by atoms with Crippen molar-refractivity contribution in [1.29, 1.82) is 0 Å². The van der Waals surface area contributed by atoms with Gasteiger partial charge < -0.3 is 0 Å². The molecule has 0 aliphatic carbocycles. The molecule has 0 radical (unpaired) electrons. The van der Waals surface area contributed by atoms with E-state index < -0.39 is 15.7 Å². The number of nitrogens with one attached hydrogen (secondary N) is 2. The molecule has 0 unspecified atom stereocenters. The van der Waals surface area contributed by atoms with Crippen LogP contribution in [-0.2, 0) is 16.6 Å². The van der Waals surface area contributed by atoms with Gasteiger partial charge in [0.25, 0.3) is 10.2 Å². The van der Waals surface area contributed by atoms with Gasteiger partial charge in [0.1, 0.15) is 0 Å². The summed E-state index contributed by atoms with van der Waals surface area (Å²) in [4.78, 5) is 0. The van der Waals surface area contributed by atoms with Crippen LogP contribution in [-0.4, -0.2) is 21.0 Å². The van der Waals surface area contributed by atoms with Gasteiger partial charge in [0.2, 0.25) is 0 Å². The van der Waals surface area contributed by atoms with Crippen LogP contribution in [0.25, 0.3) is 0 Å². The lowest BCUT2D eigenvalue weighted by Gasteiger charge is -2.25. The second kappa shape index (κ2) is 4.95. The zero-order chi connectivity index (χ0) is 12.2. The molecule has 0 heterocycles. The first-order valence-corrected chi connectivity index (χ1v) is 6.59. The van der Waals surface area contributed by atoms with Gasteiger partial charge in [-0.2, -0.15) is 13.1 Å². The van der Waals surface area contributed by atoms with Crippen LogP contribution < -0.4 is 9.44 Å². The summed E-state index contributed by atoms with van der Waals surface area (Å²) in [5.41, 5.74) is 0.592. The van der Waals surface area contributed by atoms with Gasteiger partial charge in [-0.3, -0.25) is 0 Å². The van der Waals surface area contributed by atoms with E-state index in [1.54, 1.807) is 0 Å². The second-order valence-corrected chi connectivity index (χ2v) is 5.98. The average molecular weight is 242 g/mol. The van der Waals surface area contributed by atoms with Crippen LogP contribution in [0.1, 0.15) is 19.4 Å². The van der Waals surface area contributed by atoms with E-state index in [0.717, 1.165) is 5.56 Å². The fraction of sp³-hybridized carbons (Fsp3) is 0.455. The Morgan fingerprint density at radius 2 is 1.75 bits per heavy atom. The topological polar surface area (TPSA) is 58.2 Å². The van der Waals surface area contributed by atoms with E-state index in [9.17, 15) is 8.42 Å². The van der Waals surface area contributed by atoms with Gasteiger partial charge in [0.05, 0.1) is 0 Å². The molecule has 4 nitrogen and oxygen atoms in total. The summed E-state index contributed by atoms with van der Waals surface area (Å²) in [6, 6.07) is 9.79. The maximum Gasteiger partial charge on any atom is 0.277 e. The lowest BCUT2D eigenvalue weighted by Crippen LogP contribution is -2.49. The maximum absolute atomic E-state index is 11.4. The largest absolute Gasteiger partial charge is 0.277 e. The predicted molar refractivity (Wildman–Crippen MR) is 65.3 cm³/mol. The van der Waals surface area contributed by atoms with Crippen molar-refractivity contribution in [3.63, 3.8) is 0 Å². The quantitative estimate of drug-likeness (QED) is 0.811. The van der Waals surface area contributed by atoms with Gasteiger partial charge >= 0.3 is 0 Å². The molecule has 5 heteroatoms. The molecule has 0 aliphatic heterocycles. The van der Waals surface area contributed by atoms with Crippen LogP contribution in [0, 0.1) is 0 Å². The minimum Gasteiger partial charge on any atom is -0.205 e. The number of hydrogen-bond donors (Lipinski definition) is 2. The summed E-state index contributed by atoms with van der Waals surface area (Å²) in [6.07, 6.45) is 0.648. The van der Waals surface area contributed by atoms with Crippen LogP contribution >= 0.6 is 0 Å². The average Bonchev–Trinajstić information content (AvgIpc) is 2.17. The van der Waals surface area contributed by atoms with E-state index in [4.69, 9.17) is 0 Å². The first kappa shape index (κ1) is 13.2. The number of hydrogen-bond acceptors (Lipinski definition) is 2. The van der Waals surface area contributed by atoms with E-state index in [2.05, 4.69) is 9.44 Å². The Labute approximate surface area is 97.3 Å². The molecule has 1 aromatic carbocycles. The molecule has 0 spiro atoms. The van der Waals surface area contributed by atoms with Crippen molar-refractivity contribution in [2.45, 2.75) is 25.8 Å². The summed E-state index contributed by atoms with van der Waals surface area (Å²) in [5, 5.41) is 0. The Kier molecular flexibility index (Phi) is 4.07. The van der Waals surface area contributed by atoms with Crippen molar-refractivity contribution >= 4 is 10.2 Å². The van der Waals surface area contributed by atoms with E-state index in [0.29, 0.717) is 6.42 Å². The normalized spacial score (nSPS) is 12.7. The van der Waals surface area contributed by atoms with Crippen molar-refractivity contribution in [1.82, 2.24) is 9.44 Å². The van der Waals surface area contributed by atoms with Crippen LogP contribution in [0.5, 0.6) is 0 Å². The Hall–Kier alpha value is -0.910. The maximum atomic E-state index is 11.4. The summed E-state index contributed by atoms with van der Waals surface area (Å²) in [7, 11) is -2.01. The Balaban J connectivity index is 2.73. The third-order valence-electron chi connectivity index (χ3n) is 2.17. The smallest absolute Gasteiger partial charge is 0.205 e. The van der Waals surface area contributed by atoms with E-state index in [1.807, 2.05) is 44.2 Å². The van der Waals surface area contributed by atoms with Crippen molar-refractivity contribution < 1.29 is 8.42 Å². The van der Waals surface area contributed by atoms with Crippen LogP contribution in [0.15, 0.2) is 30.3 Å². The zero-order valence-electron chi connectivity index (χ0n) is 9.82. The fourth-order valence-corrected chi connectivity index (χ4v) is 2.46. The molecule has 2 N–H and O–H groups in total. The highest BCUT2D eigenvalue weighted by atomic mass is 32.2. The van der Waals surface area contributed by atoms with Gasteiger partial charge in [-0.15, -0.1) is 0 Å². The summed E-state index contributed by atoms with van der Waals surface area (Å²) in [5.74, 6) is 0. The monoisotopic (exact) mass is 242 g/mol. The van der Waals surface area contributed by atoms with Gasteiger partial charge in [0, 0.05) is 12.6 Å². The fourth-order valence-electron chi connectivity index (χ4n) is 1.56. The van der Waals surface area contributed by atoms with E-state index >= 15 is 0 Å². The molecule has 0 fully saturated rings. The number of rotatable bonds is 5. The summed E-state index contributed by atoms with van der Waals surface area (Å²) >= 11 is 0. The Bertz CT molecular complexity index is 427. The van der Waals surface area contributed by atoms with Gasteiger partial charge in [0.15, 0.2) is 0 Å². The number of benzene rings is 1. The van der Waals surface area contributed by atoms with Crippen molar-refractivity contribution in [3.05, 3.63) is 35.9 Å². The first-order chi connectivity index (χ1) is 7.35. The highest BCUT2D eigenvalue weighted by Gasteiger charge is 2.23. The first-order valence-electron chi connectivity index (χ1n) is 5.11. The van der Waals surface area contributed by atoms with Gasteiger partial charge in [-0.05, 0) is 25.8 Å². The molecule has 0 saturated heterocycles.